The minimum Gasteiger partial charge on any atom is -0.355 e. The molecule has 2 unspecified atom stereocenters. The first-order valence-electron chi connectivity index (χ1n) is 7.30. The highest BCUT2D eigenvalue weighted by Gasteiger charge is 2.44. The van der Waals surface area contributed by atoms with E-state index in [4.69, 9.17) is 0 Å². The zero-order valence-corrected chi connectivity index (χ0v) is 12.5. The summed E-state index contributed by atoms with van der Waals surface area (Å²) in [5.41, 5.74) is -0.481. The molecule has 0 saturated heterocycles. The number of benzene rings is 1. The van der Waals surface area contributed by atoms with Crippen molar-refractivity contribution in [2.75, 3.05) is 13.1 Å². The highest BCUT2D eigenvalue weighted by molar-refractivity contribution is 5.84. The fourth-order valence-electron chi connectivity index (χ4n) is 2.42. The number of alkyl halides is 3. The molecule has 1 aliphatic carbocycles. The average Bonchev–Trinajstić information content (AvgIpc) is 3.23. The summed E-state index contributed by atoms with van der Waals surface area (Å²) >= 11 is 0. The molecule has 0 spiro atoms. The molecule has 0 heterocycles. The Kier molecular flexibility index (Phi) is 5.12. The van der Waals surface area contributed by atoms with Crippen LogP contribution in [0, 0.1) is 0 Å². The first kappa shape index (κ1) is 17.1. The van der Waals surface area contributed by atoms with Gasteiger partial charge in [-0.1, -0.05) is 18.2 Å². The van der Waals surface area contributed by atoms with Crippen LogP contribution in [0.25, 0.3) is 0 Å². The first-order valence-corrected chi connectivity index (χ1v) is 7.30. The Morgan fingerprint density at radius 3 is 2.57 bits per heavy atom. The van der Waals surface area contributed by atoms with E-state index in [0.29, 0.717) is 13.0 Å². The van der Waals surface area contributed by atoms with E-state index in [0.717, 1.165) is 6.07 Å². The van der Waals surface area contributed by atoms with Gasteiger partial charge in [0.05, 0.1) is 12.1 Å². The number of carbonyl (C=O) groups excluding carboxylic acids is 2. The van der Waals surface area contributed by atoms with Crippen LogP contribution in [0.4, 0.5) is 18.0 Å². The molecule has 2 atom stereocenters. The molecule has 3 N–H and O–H groups in total. The molecule has 126 valence electrons. The lowest BCUT2D eigenvalue weighted by Gasteiger charge is -2.13. The number of amides is 3. The van der Waals surface area contributed by atoms with Crippen molar-refractivity contribution >= 4 is 11.9 Å². The summed E-state index contributed by atoms with van der Waals surface area (Å²) in [6.07, 6.45) is -3.97. The van der Waals surface area contributed by atoms with Gasteiger partial charge in [-0.15, -0.1) is 0 Å². The second kappa shape index (κ2) is 6.89. The Labute approximate surface area is 131 Å². The SMILES string of the molecule is CCNC(=O)CNC(=O)NC1CC1c1ccccc1C(F)(F)F. The van der Waals surface area contributed by atoms with Gasteiger partial charge in [-0.05, 0) is 25.0 Å². The predicted octanol–water partition coefficient (Wildman–Crippen LogP) is 2.00. The number of hydrogen-bond donors (Lipinski definition) is 3. The number of nitrogens with one attached hydrogen (secondary N) is 3. The zero-order valence-electron chi connectivity index (χ0n) is 12.5. The summed E-state index contributed by atoms with van der Waals surface area (Å²) in [6.45, 7) is 2.04. The Morgan fingerprint density at radius 1 is 1.22 bits per heavy atom. The molecule has 0 radical (unpaired) electrons. The monoisotopic (exact) mass is 329 g/mol. The minimum atomic E-state index is -4.41. The van der Waals surface area contributed by atoms with E-state index in [2.05, 4.69) is 16.0 Å². The highest BCUT2D eigenvalue weighted by atomic mass is 19.4. The number of rotatable bonds is 5. The summed E-state index contributed by atoms with van der Waals surface area (Å²) in [7, 11) is 0. The number of halogens is 3. The van der Waals surface area contributed by atoms with Crippen LogP contribution in [-0.2, 0) is 11.0 Å². The van der Waals surface area contributed by atoms with Crippen LogP contribution in [0.2, 0.25) is 0 Å². The van der Waals surface area contributed by atoms with Crippen molar-refractivity contribution in [2.45, 2.75) is 31.5 Å². The second-order valence-corrected chi connectivity index (χ2v) is 5.31. The van der Waals surface area contributed by atoms with Gasteiger partial charge < -0.3 is 16.0 Å². The Bertz CT molecular complexity index is 590. The molecule has 1 aromatic carbocycles. The molecule has 1 aromatic rings. The minimum absolute atomic E-state index is 0.170. The summed E-state index contributed by atoms with van der Waals surface area (Å²) in [4.78, 5) is 22.8. The van der Waals surface area contributed by atoms with E-state index >= 15 is 0 Å². The van der Waals surface area contributed by atoms with Gasteiger partial charge in [0.1, 0.15) is 0 Å². The average molecular weight is 329 g/mol. The molecule has 0 aromatic heterocycles. The Morgan fingerprint density at radius 2 is 1.91 bits per heavy atom. The molecule has 3 amide bonds. The van der Waals surface area contributed by atoms with Gasteiger partial charge in [-0.25, -0.2) is 4.79 Å². The van der Waals surface area contributed by atoms with Crippen molar-refractivity contribution in [1.82, 2.24) is 16.0 Å². The number of urea groups is 1. The first-order chi connectivity index (χ1) is 10.8. The van der Waals surface area contributed by atoms with E-state index in [1.165, 1.54) is 12.1 Å². The maximum absolute atomic E-state index is 13.0. The van der Waals surface area contributed by atoms with Crippen molar-refractivity contribution in [3.05, 3.63) is 35.4 Å². The summed E-state index contributed by atoms with van der Waals surface area (Å²) < 4.78 is 38.9. The molecule has 0 aliphatic heterocycles. The van der Waals surface area contributed by atoms with Crippen molar-refractivity contribution in [3.63, 3.8) is 0 Å². The van der Waals surface area contributed by atoms with E-state index in [-0.39, 0.29) is 30.0 Å². The van der Waals surface area contributed by atoms with Crippen molar-refractivity contribution < 1.29 is 22.8 Å². The van der Waals surface area contributed by atoms with Gasteiger partial charge in [0.25, 0.3) is 0 Å². The van der Waals surface area contributed by atoms with Crippen molar-refractivity contribution in [2.24, 2.45) is 0 Å². The summed E-state index contributed by atoms with van der Waals surface area (Å²) in [5, 5.41) is 7.47. The maximum atomic E-state index is 13.0. The largest absolute Gasteiger partial charge is 0.416 e. The van der Waals surface area contributed by atoms with E-state index in [9.17, 15) is 22.8 Å². The molecule has 1 fully saturated rings. The standard InChI is InChI=1S/C15H18F3N3O2/c1-2-19-13(22)8-20-14(23)21-12-7-10(12)9-5-3-4-6-11(9)15(16,17)18/h3-6,10,12H,2,7-8H2,1H3,(H,19,22)(H2,20,21,23). The molecule has 5 nitrogen and oxygen atoms in total. The molecular weight excluding hydrogens is 311 g/mol. The molecular formula is C15H18F3N3O2. The van der Waals surface area contributed by atoms with Crippen LogP contribution in [-0.4, -0.2) is 31.1 Å². The van der Waals surface area contributed by atoms with Crippen LogP contribution in [0.5, 0.6) is 0 Å². The second-order valence-electron chi connectivity index (χ2n) is 5.31. The van der Waals surface area contributed by atoms with E-state index < -0.39 is 17.8 Å². The Balaban J connectivity index is 1.89. The molecule has 2 rings (SSSR count). The van der Waals surface area contributed by atoms with E-state index in [1.807, 2.05) is 0 Å². The van der Waals surface area contributed by atoms with Gasteiger partial charge >= 0.3 is 12.2 Å². The molecule has 1 aliphatic rings. The predicted molar refractivity (Wildman–Crippen MR) is 77.8 cm³/mol. The molecule has 8 heteroatoms. The van der Waals surface area contributed by atoms with Gasteiger partial charge in [0, 0.05) is 18.5 Å². The summed E-state index contributed by atoms with van der Waals surface area (Å²) in [5.74, 6) is -0.680. The molecule has 23 heavy (non-hydrogen) atoms. The zero-order chi connectivity index (χ0) is 17.0. The number of hydrogen-bond acceptors (Lipinski definition) is 2. The quantitative estimate of drug-likeness (QED) is 0.773. The van der Waals surface area contributed by atoms with Crippen molar-refractivity contribution in [3.8, 4) is 0 Å². The van der Waals surface area contributed by atoms with E-state index in [1.54, 1.807) is 13.0 Å². The molecule has 1 saturated carbocycles. The van der Waals surface area contributed by atoms with Gasteiger partial charge in [-0.2, -0.15) is 13.2 Å². The fraction of sp³-hybridized carbons (Fsp3) is 0.467. The lowest BCUT2D eigenvalue weighted by atomic mass is 10.0. The lowest BCUT2D eigenvalue weighted by Crippen LogP contribution is -2.43. The van der Waals surface area contributed by atoms with Crippen molar-refractivity contribution in [1.29, 1.82) is 0 Å². The maximum Gasteiger partial charge on any atom is 0.416 e. The topological polar surface area (TPSA) is 70.2 Å². The number of carbonyl (C=O) groups is 2. The van der Waals surface area contributed by atoms with Gasteiger partial charge in [0.15, 0.2) is 0 Å². The third kappa shape index (κ3) is 4.61. The number of likely N-dealkylation sites (N-methyl/N-ethyl adjacent to an activating group) is 1. The lowest BCUT2D eigenvalue weighted by molar-refractivity contribution is -0.138. The highest BCUT2D eigenvalue weighted by Crippen LogP contribution is 2.45. The third-order valence-electron chi connectivity index (χ3n) is 3.56. The van der Waals surface area contributed by atoms with Crippen LogP contribution in [0.15, 0.2) is 24.3 Å². The van der Waals surface area contributed by atoms with Gasteiger partial charge in [-0.3, -0.25) is 4.79 Å². The fourth-order valence-corrected chi connectivity index (χ4v) is 2.42. The molecule has 0 bridgehead atoms. The van der Waals surface area contributed by atoms with Crippen LogP contribution in [0.3, 0.4) is 0 Å². The Hall–Kier alpha value is -2.25. The normalized spacial score (nSPS) is 19.8. The summed E-state index contributed by atoms with van der Waals surface area (Å²) in [6, 6.07) is 4.45. The van der Waals surface area contributed by atoms with Crippen LogP contribution < -0.4 is 16.0 Å². The van der Waals surface area contributed by atoms with Crippen LogP contribution >= 0.6 is 0 Å². The van der Waals surface area contributed by atoms with Gasteiger partial charge in [0.2, 0.25) is 5.91 Å². The smallest absolute Gasteiger partial charge is 0.355 e. The third-order valence-corrected chi connectivity index (χ3v) is 3.56. The van der Waals surface area contributed by atoms with Crippen LogP contribution in [0.1, 0.15) is 30.4 Å².